The summed E-state index contributed by atoms with van der Waals surface area (Å²) in [5.74, 6) is 0. The van der Waals surface area contributed by atoms with Gasteiger partial charge < -0.3 is 10.1 Å². The van der Waals surface area contributed by atoms with Gasteiger partial charge in [-0.25, -0.2) is 0 Å². The molecule has 0 spiro atoms. The molecule has 2 heteroatoms. The summed E-state index contributed by atoms with van der Waals surface area (Å²) in [4.78, 5) is 0. The van der Waals surface area contributed by atoms with Gasteiger partial charge in [0, 0.05) is 25.1 Å². The lowest BCUT2D eigenvalue weighted by Gasteiger charge is -2.25. The number of hydrogen-bond acceptors (Lipinski definition) is 2. The second-order valence-corrected chi connectivity index (χ2v) is 6.01. The Hall–Kier alpha value is -0.860. The molecule has 0 aliphatic rings. The van der Waals surface area contributed by atoms with Gasteiger partial charge in [-0.1, -0.05) is 63.9 Å². The van der Waals surface area contributed by atoms with Crippen molar-refractivity contribution in [3.63, 3.8) is 0 Å². The molecule has 1 aromatic rings. The van der Waals surface area contributed by atoms with Gasteiger partial charge in [0.05, 0.1) is 6.61 Å². The van der Waals surface area contributed by atoms with Crippen LogP contribution in [0.3, 0.4) is 0 Å². The van der Waals surface area contributed by atoms with Crippen molar-refractivity contribution in [2.24, 2.45) is 5.41 Å². The van der Waals surface area contributed by atoms with Crippen molar-refractivity contribution in [1.29, 1.82) is 0 Å². The first-order valence-corrected chi connectivity index (χ1v) is 7.46. The van der Waals surface area contributed by atoms with Crippen molar-refractivity contribution >= 4 is 0 Å². The molecule has 1 N–H and O–H groups in total. The van der Waals surface area contributed by atoms with Gasteiger partial charge in [0.1, 0.15) is 0 Å². The molecule has 0 fully saturated rings. The number of ether oxygens (including phenoxy) is 1. The van der Waals surface area contributed by atoms with E-state index in [4.69, 9.17) is 4.74 Å². The van der Waals surface area contributed by atoms with Gasteiger partial charge in [0.15, 0.2) is 0 Å². The fourth-order valence-electron chi connectivity index (χ4n) is 1.99. The third kappa shape index (κ3) is 8.02. The van der Waals surface area contributed by atoms with Crippen LogP contribution in [0, 0.1) is 5.41 Å². The smallest absolute Gasteiger partial charge is 0.0529 e. The molecule has 0 atom stereocenters. The third-order valence-electron chi connectivity index (χ3n) is 3.16. The van der Waals surface area contributed by atoms with Gasteiger partial charge >= 0.3 is 0 Å². The third-order valence-corrected chi connectivity index (χ3v) is 3.16. The Labute approximate surface area is 118 Å². The van der Waals surface area contributed by atoms with Crippen LogP contribution in [-0.4, -0.2) is 19.8 Å². The molecule has 0 heterocycles. The van der Waals surface area contributed by atoms with E-state index in [1.54, 1.807) is 0 Å². The van der Waals surface area contributed by atoms with Gasteiger partial charge in [-0.05, 0) is 12.0 Å². The Morgan fingerprint density at radius 1 is 1.11 bits per heavy atom. The molecule has 0 unspecified atom stereocenters. The average Bonchev–Trinajstić information content (AvgIpc) is 2.39. The Morgan fingerprint density at radius 2 is 1.84 bits per heavy atom. The maximum Gasteiger partial charge on any atom is 0.0529 e. The highest BCUT2D eigenvalue weighted by molar-refractivity contribution is 5.14. The normalized spacial score (nSPS) is 11.7. The number of rotatable bonds is 10. The van der Waals surface area contributed by atoms with E-state index in [1.165, 1.54) is 24.8 Å². The second-order valence-electron chi connectivity index (χ2n) is 6.01. The summed E-state index contributed by atoms with van der Waals surface area (Å²) in [7, 11) is 0. The highest BCUT2D eigenvalue weighted by Crippen LogP contribution is 2.14. The lowest BCUT2D eigenvalue weighted by atomic mass is 9.95. The van der Waals surface area contributed by atoms with Crippen LogP contribution in [0.1, 0.15) is 45.6 Å². The van der Waals surface area contributed by atoms with Gasteiger partial charge in [0.25, 0.3) is 0 Å². The summed E-state index contributed by atoms with van der Waals surface area (Å²) in [6.45, 7) is 10.4. The Balaban J connectivity index is 2.12. The molecule has 0 aliphatic carbocycles. The van der Waals surface area contributed by atoms with E-state index in [-0.39, 0.29) is 5.41 Å². The molecule has 1 rings (SSSR count). The summed E-state index contributed by atoms with van der Waals surface area (Å²) in [5.41, 5.74) is 1.53. The molecule has 0 aliphatic heterocycles. The predicted octanol–water partition coefficient (Wildman–Crippen LogP) is 4.01. The van der Waals surface area contributed by atoms with E-state index in [1.807, 2.05) is 0 Å². The highest BCUT2D eigenvalue weighted by Gasteiger charge is 2.17. The summed E-state index contributed by atoms with van der Waals surface area (Å²) >= 11 is 0. The van der Waals surface area contributed by atoms with Gasteiger partial charge in [0.2, 0.25) is 0 Å². The van der Waals surface area contributed by atoms with Gasteiger partial charge in [-0.3, -0.25) is 0 Å². The van der Waals surface area contributed by atoms with Crippen LogP contribution in [0.15, 0.2) is 30.3 Å². The maximum absolute atomic E-state index is 5.76. The zero-order chi connectivity index (χ0) is 14.0. The van der Waals surface area contributed by atoms with Crippen LogP contribution in [0.2, 0.25) is 0 Å². The second kappa shape index (κ2) is 9.11. The van der Waals surface area contributed by atoms with Crippen LogP contribution in [0.4, 0.5) is 0 Å². The summed E-state index contributed by atoms with van der Waals surface area (Å²) in [5, 5.41) is 3.51. The van der Waals surface area contributed by atoms with Crippen molar-refractivity contribution in [2.45, 2.75) is 46.6 Å². The molecule has 108 valence electrons. The highest BCUT2D eigenvalue weighted by atomic mass is 16.5. The fraction of sp³-hybridized carbons (Fsp3) is 0.647. The van der Waals surface area contributed by atoms with Crippen LogP contribution >= 0.6 is 0 Å². The van der Waals surface area contributed by atoms with E-state index in [9.17, 15) is 0 Å². The van der Waals surface area contributed by atoms with E-state index in [2.05, 4.69) is 56.4 Å². The minimum Gasteiger partial charge on any atom is -0.381 e. The van der Waals surface area contributed by atoms with E-state index < -0.39 is 0 Å². The minimum absolute atomic E-state index is 0.195. The number of unbranched alkanes of at least 4 members (excludes halogenated alkanes) is 2. The summed E-state index contributed by atoms with van der Waals surface area (Å²) in [6, 6.07) is 10.5. The first-order valence-electron chi connectivity index (χ1n) is 7.46. The molecule has 0 saturated heterocycles. The van der Waals surface area contributed by atoms with E-state index >= 15 is 0 Å². The monoisotopic (exact) mass is 263 g/mol. The van der Waals surface area contributed by atoms with Gasteiger partial charge in [-0.2, -0.15) is 0 Å². The lowest BCUT2D eigenvalue weighted by Crippen LogP contribution is -2.33. The zero-order valence-corrected chi connectivity index (χ0v) is 12.7. The predicted molar refractivity (Wildman–Crippen MR) is 82.3 cm³/mol. The molecule has 0 radical (unpaired) electrons. The van der Waals surface area contributed by atoms with E-state index in [0.717, 1.165) is 26.3 Å². The Bertz CT molecular complexity index is 321. The number of benzene rings is 1. The van der Waals surface area contributed by atoms with Crippen LogP contribution < -0.4 is 5.32 Å². The molecular weight excluding hydrogens is 234 g/mol. The van der Waals surface area contributed by atoms with Crippen LogP contribution in [-0.2, 0) is 11.3 Å². The van der Waals surface area contributed by atoms with Gasteiger partial charge in [-0.15, -0.1) is 0 Å². The van der Waals surface area contributed by atoms with Crippen molar-refractivity contribution in [2.75, 3.05) is 19.8 Å². The lowest BCUT2D eigenvalue weighted by molar-refractivity contribution is 0.0597. The van der Waals surface area contributed by atoms with Crippen molar-refractivity contribution in [3.8, 4) is 0 Å². The molecule has 2 nitrogen and oxygen atoms in total. The summed E-state index contributed by atoms with van der Waals surface area (Å²) in [6.07, 6.45) is 3.71. The van der Waals surface area contributed by atoms with E-state index in [0.29, 0.717) is 0 Å². The Morgan fingerprint density at radius 3 is 2.53 bits per heavy atom. The SMILES string of the molecule is CCCCCOCC(C)(C)CNCc1ccccc1. The van der Waals surface area contributed by atoms with Crippen molar-refractivity contribution < 1.29 is 4.74 Å². The molecular formula is C17H29NO. The quantitative estimate of drug-likeness (QED) is 0.644. The summed E-state index contributed by atoms with van der Waals surface area (Å²) < 4.78 is 5.76. The minimum atomic E-state index is 0.195. The first-order chi connectivity index (χ1) is 9.14. The number of hydrogen-bond donors (Lipinski definition) is 1. The average molecular weight is 263 g/mol. The zero-order valence-electron chi connectivity index (χ0n) is 12.7. The largest absolute Gasteiger partial charge is 0.381 e. The molecule has 0 bridgehead atoms. The van der Waals surface area contributed by atoms with Crippen LogP contribution in [0.25, 0.3) is 0 Å². The fourth-order valence-corrected chi connectivity index (χ4v) is 1.99. The molecule has 0 saturated carbocycles. The molecule has 1 aromatic carbocycles. The molecule has 0 amide bonds. The topological polar surface area (TPSA) is 21.3 Å². The van der Waals surface area contributed by atoms with Crippen LogP contribution in [0.5, 0.6) is 0 Å². The Kier molecular flexibility index (Phi) is 7.76. The number of nitrogens with one attached hydrogen (secondary N) is 1. The van der Waals surface area contributed by atoms with Crippen molar-refractivity contribution in [3.05, 3.63) is 35.9 Å². The van der Waals surface area contributed by atoms with Crippen molar-refractivity contribution in [1.82, 2.24) is 5.32 Å². The molecule has 19 heavy (non-hydrogen) atoms. The standard InChI is InChI=1S/C17H29NO/c1-4-5-9-12-19-15-17(2,3)14-18-13-16-10-7-6-8-11-16/h6-8,10-11,18H,4-5,9,12-15H2,1-3H3. The maximum atomic E-state index is 5.76. The first kappa shape index (κ1) is 16.2. The molecule has 0 aromatic heterocycles.